The zero-order chi connectivity index (χ0) is 18.8. The van der Waals surface area contributed by atoms with Gasteiger partial charge < -0.3 is 10.4 Å². The first-order valence-corrected chi connectivity index (χ1v) is 8.96. The van der Waals surface area contributed by atoms with E-state index in [0.717, 1.165) is 41.8 Å². The summed E-state index contributed by atoms with van der Waals surface area (Å²) in [6, 6.07) is 11.4. The molecule has 0 saturated carbocycles. The Morgan fingerprint density at radius 2 is 2.04 bits per heavy atom. The highest BCUT2D eigenvalue weighted by Gasteiger charge is 2.20. The highest BCUT2D eigenvalue weighted by molar-refractivity contribution is 5.88. The number of rotatable bonds is 4. The molecular formula is C21H20N4O2. The summed E-state index contributed by atoms with van der Waals surface area (Å²) in [5, 5.41) is 12.6. The van der Waals surface area contributed by atoms with Crippen molar-refractivity contribution in [1.29, 1.82) is 0 Å². The van der Waals surface area contributed by atoms with E-state index in [1.54, 1.807) is 18.3 Å². The maximum atomic E-state index is 11.2. The number of aryl methyl sites for hydroxylation is 2. The van der Waals surface area contributed by atoms with E-state index in [4.69, 9.17) is 0 Å². The van der Waals surface area contributed by atoms with Gasteiger partial charge in [-0.25, -0.2) is 14.8 Å². The van der Waals surface area contributed by atoms with E-state index in [1.165, 1.54) is 5.56 Å². The number of hydrogen-bond donors (Lipinski definition) is 2. The molecule has 6 nitrogen and oxygen atoms in total. The molecule has 4 rings (SSSR count). The molecule has 1 aliphatic carbocycles. The summed E-state index contributed by atoms with van der Waals surface area (Å²) >= 11 is 0. The number of carbonyl (C=O) groups is 1. The quantitative estimate of drug-likeness (QED) is 0.740. The number of nitrogens with one attached hydrogen (secondary N) is 1. The summed E-state index contributed by atoms with van der Waals surface area (Å²) in [4.78, 5) is 24.5. The molecule has 0 spiro atoms. The highest BCUT2D eigenvalue weighted by atomic mass is 16.4. The Hall–Kier alpha value is -3.28. The third kappa shape index (κ3) is 3.79. The highest BCUT2D eigenvalue weighted by Crippen LogP contribution is 2.25. The predicted molar refractivity (Wildman–Crippen MR) is 103 cm³/mol. The van der Waals surface area contributed by atoms with E-state index < -0.39 is 5.97 Å². The minimum Gasteiger partial charge on any atom is -0.478 e. The molecule has 6 heteroatoms. The lowest BCUT2D eigenvalue weighted by Gasteiger charge is -2.26. The number of nitrogens with zero attached hydrogens (tertiary/aromatic N) is 3. The number of fused-ring (bicyclic) bond motifs is 1. The van der Waals surface area contributed by atoms with Crippen LogP contribution in [0, 0.1) is 6.92 Å². The fraction of sp³-hybridized carbons (Fsp3) is 0.238. The molecule has 1 aromatic carbocycles. The average Bonchev–Trinajstić information content (AvgIpc) is 2.68. The fourth-order valence-corrected chi connectivity index (χ4v) is 3.40. The molecule has 27 heavy (non-hydrogen) atoms. The third-order valence-electron chi connectivity index (χ3n) is 4.88. The van der Waals surface area contributed by atoms with E-state index in [2.05, 4.69) is 20.3 Å². The monoisotopic (exact) mass is 360 g/mol. The van der Waals surface area contributed by atoms with E-state index in [1.807, 2.05) is 37.4 Å². The van der Waals surface area contributed by atoms with Crippen molar-refractivity contribution >= 4 is 11.9 Å². The maximum Gasteiger partial charge on any atom is 0.335 e. The van der Waals surface area contributed by atoms with Crippen molar-refractivity contribution in [2.45, 2.75) is 32.2 Å². The van der Waals surface area contributed by atoms with E-state index >= 15 is 0 Å². The molecule has 0 radical (unpaired) electrons. The van der Waals surface area contributed by atoms with Crippen LogP contribution in [-0.4, -0.2) is 32.1 Å². The summed E-state index contributed by atoms with van der Waals surface area (Å²) in [6.45, 7) is 1.95. The number of anilines is 1. The van der Waals surface area contributed by atoms with Crippen molar-refractivity contribution in [3.63, 3.8) is 0 Å². The van der Waals surface area contributed by atoms with Crippen molar-refractivity contribution in [2.24, 2.45) is 0 Å². The second-order valence-electron chi connectivity index (χ2n) is 6.83. The Morgan fingerprint density at radius 1 is 1.15 bits per heavy atom. The number of carboxylic acids is 1. The largest absolute Gasteiger partial charge is 0.478 e. The number of hydrogen-bond acceptors (Lipinski definition) is 5. The van der Waals surface area contributed by atoms with Crippen molar-refractivity contribution < 1.29 is 9.90 Å². The summed E-state index contributed by atoms with van der Waals surface area (Å²) in [5.41, 5.74) is 5.37. The molecule has 2 aromatic heterocycles. The molecule has 1 atom stereocenters. The van der Waals surface area contributed by atoms with E-state index in [9.17, 15) is 9.90 Å². The van der Waals surface area contributed by atoms with Crippen molar-refractivity contribution in [1.82, 2.24) is 15.0 Å². The van der Waals surface area contributed by atoms with Crippen molar-refractivity contribution in [3.8, 4) is 11.3 Å². The van der Waals surface area contributed by atoms with Crippen LogP contribution < -0.4 is 5.32 Å². The minimum absolute atomic E-state index is 0.174. The number of benzene rings is 1. The molecule has 1 aliphatic rings. The van der Waals surface area contributed by atoms with Gasteiger partial charge in [0.2, 0.25) is 5.95 Å². The minimum atomic E-state index is -0.893. The Kier molecular flexibility index (Phi) is 4.54. The van der Waals surface area contributed by atoms with Crippen LogP contribution in [-0.2, 0) is 12.8 Å². The SMILES string of the molecule is Cc1ccc(-c2ccnc(NC3CCc4ccc(C(=O)O)cc4C3)n2)cn1. The molecule has 2 N–H and O–H groups in total. The lowest BCUT2D eigenvalue weighted by atomic mass is 9.87. The van der Waals surface area contributed by atoms with Crippen LogP contribution in [0.25, 0.3) is 11.3 Å². The molecule has 1 unspecified atom stereocenters. The van der Waals surface area contributed by atoms with Gasteiger partial charge in [-0.15, -0.1) is 0 Å². The average molecular weight is 360 g/mol. The molecule has 2 heterocycles. The molecule has 0 bridgehead atoms. The Labute approximate surface area is 157 Å². The van der Waals surface area contributed by atoms with Gasteiger partial charge in [0.1, 0.15) is 0 Å². The van der Waals surface area contributed by atoms with Crippen LogP contribution in [0.5, 0.6) is 0 Å². The van der Waals surface area contributed by atoms with E-state index in [-0.39, 0.29) is 6.04 Å². The van der Waals surface area contributed by atoms with Crippen molar-refractivity contribution in [2.75, 3.05) is 5.32 Å². The normalized spacial score (nSPS) is 15.8. The molecule has 3 aromatic rings. The van der Waals surface area contributed by atoms with Gasteiger partial charge in [0.05, 0.1) is 11.3 Å². The van der Waals surface area contributed by atoms with Crippen molar-refractivity contribution in [3.05, 3.63) is 71.2 Å². The standard InChI is InChI=1S/C21H20N4O2/c1-13-2-3-16(12-23-13)19-8-9-22-21(25-19)24-18-7-6-14-4-5-15(20(26)27)10-17(14)11-18/h2-5,8-10,12,18H,6-7,11H2,1H3,(H,26,27)(H,22,24,25). The van der Waals surface area contributed by atoms with Crippen LogP contribution in [0.1, 0.15) is 33.6 Å². The molecule has 0 fully saturated rings. The number of carboxylic acid groups (broad SMARTS) is 1. The van der Waals surface area contributed by atoms with Crippen LogP contribution in [0.2, 0.25) is 0 Å². The number of aromatic carboxylic acids is 1. The van der Waals surface area contributed by atoms with Gasteiger partial charge in [0.15, 0.2) is 0 Å². The first-order chi connectivity index (χ1) is 13.1. The van der Waals surface area contributed by atoms with Gasteiger partial charge in [-0.1, -0.05) is 6.07 Å². The van der Waals surface area contributed by atoms with Gasteiger partial charge in [0, 0.05) is 29.7 Å². The maximum absolute atomic E-state index is 11.2. The van der Waals surface area contributed by atoms with Crippen LogP contribution in [0.3, 0.4) is 0 Å². The van der Waals surface area contributed by atoms with Gasteiger partial charge in [-0.05, 0) is 67.6 Å². The molecule has 136 valence electrons. The summed E-state index contributed by atoms with van der Waals surface area (Å²) in [5.74, 6) is -0.313. The topological polar surface area (TPSA) is 88.0 Å². The summed E-state index contributed by atoms with van der Waals surface area (Å²) in [7, 11) is 0. The first-order valence-electron chi connectivity index (χ1n) is 8.96. The van der Waals surface area contributed by atoms with Gasteiger partial charge in [0.25, 0.3) is 0 Å². The second kappa shape index (κ2) is 7.15. The lowest BCUT2D eigenvalue weighted by Crippen LogP contribution is -2.28. The predicted octanol–water partition coefficient (Wildman–Crippen LogP) is 3.51. The smallest absolute Gasteiger partial charge is 0.335 e. The second-order valence-corrected chi connectivity index (χ2v) is 6.83. The molecular weight excluding hydrogens is 340 g/mol. The molecule has 0 aliphatic heterocycles. The number of aromatic nitrogens is 3. The Balaban J connectivity index is 1.52. The van der Waals surface area contributed by atoms with E-state index in [0.29, 0.717) is 11.5 Å². The lowest BCUT2D eigenvalue weighted by molar-refractivity contribution is 0.0696. The fourth-order valence-electron chi connectivity index (χ4n) is 3.40. The van der Waals surface area contributed by atoms with Gasteiger partial charge in [-0.2, -0.15) is 0 Å². The third-order valence-corrected chi connectivity index (χ3v) is 4.88. The Morgan fingerprint density at radius 3 is 2.81 bits per heavy atom. The zero-order valence-corrected chi connectivity index (χ0v) is 15.0. The zero-order valence-electron chi connectivity index (χ0n) is 15.0. The molecule has 0 amide bonds. The van der Waals surface area contributed by atoms with Crippen LogP contribution in [0.15, 0.2) is 48.8 Å². The molecule has 0 saturated heterocycles. The van der Waals surface area contributed by atoms with Gasteiger partial charge in [-0.3, -0.25) is 4.98 Å². The summed E-state index contributed by atoms with van der Waals surface area (Å²) < 4.78 is 0. The summed E-state index contributed by atoms with van der Waals surface area (Å²) in [6.07, 6.45) is 6.18. The van der Waals surface area contributed by atoms with Crippen LogP contribution >= 0.6 is 0 Å². The Bertz CT molecular complexity index is 986. The first kappa shape index (κ1) is 17.1. The van der Waals surface area contributed by atoms with Crippen LogP contribution in [0.4, 0.5) is 5.95 Å². The number of pyridine rings is 1. The van der Waals surface area contributed by atoms with Gasteiger partial charge >= 0.3 is 5.97 Å².